The van der Waals surface area contributed by atoms with Crippen molar-refractivity contribution < 1.29 is 0 Å². The van der Waals surface area contributed by atoms with Crippen molar-refractivity contribution in [3.05, 3.63) is 39.7 Å². The maximum atomic E-state index is 5.84. The van der Waals surface area contributed by atoms with Gasteiger partial charge in [0.05, 0.1) is 10.0 Å². The van der Waals surface area contributed by atoms with Crippen LogP contribution in [0, 0.1) is 5.92 Å². The van der Waals surface area contributed by atoms with E-state index in [4.69, 9.17) is 23.2 Å². The van der Waals surface area contributed by atoms with E-state index >= 15 is 0 Å². The molecule has 0 N–H and O–H groups in total. The lowest BCUT2D eigenvalue weighted by atomic mass is 10.1. The third-order valence-corrected chi connectivity index (χ3v) is 2.57. The summed E-state index contributed by atoms with van der Waals surface area (Å²) in [4.78, 5) is 0. The van der Waals surface area contributed by atoms with Gasteiger partial charge in [-0.25, -0.2) is 0 Å². The van der Waals surface area contributed by atoms with Gasteiger partial charge in [-0.05, 0) is 30.5 Å². The Morgan fingerprint density at radius 2 is 1.73 bits per heavy atom. The molecule has 0 saturated heterocycles. The third-order valence-electron chi connectivity index (χ3n) is 1.83. The zero-order valence-electron chi connectivity index (χ0n) is 5.90. The molecule has 2 heteroatoms. The minimum atomic E-state index is 0.636. The average Bonchev–Trinajstić information content (AvgIpc) is 2.77. The van der Waals surface area contributed by atoms with Crippen LogP contribution in [0.5, 0.6) is 0 Å². The minimum absolute atomic E-state index is 0.636. The van der Waals surface area contributed by atoms with E-state index in [-0.39, 0.29) is 0 Å². The van der Waals surface area contributed by atoms with Gasteiger partial charge < -0.3 is 0 Å². The molecule has 11 heavy (non-hydrogen) atoms. The van der Waals surface area contributed by atoms with Crippen LogP contribution in [0.25, 0.3) is 0 Å². The van der Waals surface area contributed by atoms with Gasteiger partial charge in [0, 0.05) is 5.92 Å². The standard InChI is InChI=1S/C9H7Cl2/c10-8-4-3-7(5-9(8)11)6-1-2-6/h3-5H,1-2H2. The van der Waals surface area contributed by atoms with E-state index in [0.717, 1.165) is 0 Å². The molecule has 0 nitrogen and oxygen atoms in total. The van der Waals surface area contributed by atoms with Crippen molar-refractivity contribution in [2.45, 2.75) is 12.8 Å². The highest BCUT2D eigenvalue weighted by Crippen LogP contribution is 2.40. The molecule has 57 valence electrons. The van der Waals surface area contributed by atoms with Crippen molar-refractivity contribution in [2.75, 3.05) is 0 Å². The summed E-state index contributed by atoms with van der Waals surface area (Å²) in [5, 5.41) is 1.29. The molecule has 0 amide bonds. The Labute approximate surface area is 76.1 Å². The highest BCUT2D eigenvalue weighted by Gasteiger charge is 2.24. The summed E-state index contributed by atoms with van der Waals surface area (Å²) in [7, 11) is 0. The van der Waals surface area contributed by atoms with E-state index in [2.05, 4.69) is 0 Å². The van der Waals surface area contributed by atoms with Crippen molar-refractivity contribution in [1.29, 1.82) is 0 Å². The second kappa shape index (κ2) is 2.69. The van der Waals surface area contributed by atoms with Gasteiger partial charge in [0.25, 0.3) is 0 Å². The SMILES string of the molecule is Clc1ccc([C]2CC2)cc1Cl. The summed E-state index contributed by atoms with van der Waals surface area (Å²) < 4.78 is 0. The first-order valence-corrected chi connectivity index (χ1v) is 4.33. The Kier molecular flexibility index (Phi) is 1.82. The van der Waals surface area contributed by atoms with Crippen molar-refractivity contribution in [3.8, 4) is 0 Å². The largest absolute Gasteiger partial charge is 0.0827 e. The molecular formula is C9H7Cl2. The molecule has 1 aromatic carbocycles. The number of hydrogen-bond donors (Lipinski definition) is 0. The van der Waals surface area contributed by atoms with Gasteiger partial charge in [-0.1, -0.05) is 29.3 Å². The van der Waals surface area contributed by atoms with E-state index in [1.54, 1.807) is 0 Å². The molecule has 1 radical (unpaired) electrons. The van der Waals surface area contributed by atoms with Crippen LogP contribution in [0.1, 0.15) is 18.4 Å². The lowest BCUT2D eigenvalue weighted by Crippen LogP contribution is -1.78. The van der Waals surface area contributed by atoms with Gasteiger partial charge >= 0.3 is 0 Å². The van der Waals surface area contributed by atoms with E-state index in [1.807, 2.05) is 18.2 Å². The first kappa shape index (κ1) is 7.45. The summed E-state index contributed by atoms with van der Waals surface area (Å²) in [5.74, 6) is 1.49. The topological polar surface area (TPSA) is 0 Å². The van der Waals surface area contributed by atoms with Crippen LogP contribution in [0.3, 0.4) is 0 Å². The van der Waals surface area contributed by atoms with Crippen LogP contribution in [-0.4, -0.2) is 0 Å². The second-order valence-electron chi connectivity index (χ2n) is 2.73. The van der Waals surface area contributed by atoms with E-state index in [9.17, 15) is 0 Å². The first-order valence-electron chi connectivity index (χ1n) is 3.57. The monoisotopic (exact) mass is 185 g/mol. The predicted octanol–water partition coefficient (Wildman–Crippen LogP) is 3.71. The molecule has 1 aromatic rings. The molecule has 1 fully saturated rings. The van der Waals surface area contributed by atoms with Crippen LogP contribution in [0.2, 0.25) is 10.0 Å². The van der Waals surface area contributed by atoms with Crippen LogP contribution in [-0.2, 0) is 0 Å². The molecule has 1 saturated carbocycles. The molecule has 0 spiro atoms. The Morgan fingerprint density at radius 1 is 1.00 bits per heavy atom. The molecule has 0 heterocycles. The normalized spacial score (nSPS) is 16.9. The zero-order valence-corrected chi connectivity index (χ0v) is 7.41. The Hall–Kier alpha value is -0.200. The van der Waals surface area contributed by atoms with Gasteiger partial charge in [0.1, 0.15) is 0 Å². The summed E-state index contributed by atoms with van der Waals surface area (Å²) in [5.41, 5.74) is 1.25. The Morgan fingerprint density at radius 3 is 2.27 bits per heavy atom. The van der Waals surface area contributed by atoms with Crippen molar-refractivity contribution in [3.63, 3.8) is 0 Å². The predicted molar refractivity (Wildman–Crippen MR) is 48.0 cm³/mol. The van der Waals surface area contributed by atoms with E-state index in [0.29, 0.717) is 10.0 Å². The quantitative estimate of drug-likeness (QED) is 0.627. The summed E-state index contributed by atoms with van der Waals surface area (Å²) in [6.07, 6.45) is 2.44. The highest BCUT2D eigenvalue weighted by molar-refractivity contribution is 6.42. The zero-order chi connectivity index (χ0) is 7.84. The molecule has 0 bridgehead atoms. The van der Waals surface area contributed by atoms with Crippen molar-refractivity contribution in [2.24, 2.45) is 0 Å². The smallest absolute Gasteiger partial charge is 0.0595 e. The summed E-state index contributed by atoms with van der Waals surface area (Å²) >= 11 is 11.6. The van der Waals surface area contributed by atoms with Crippen LogP contribution < -0.4 is 0 Å². The first-order chi connectivity index (χ1) is 5.27. The fourth-order valence-electron chi connectivity index (χ4n) is 1.07. The fraction of sp³-hybridized carbons (Fsp3) is 0.222. The van der Waals surface area contributed by atoms with Gasteiger partial charge in [-0.3, -0.25) is 0 Å². The van der Waals surface area contributed by atoms with Gasteiger partial charge in [-0.15, -0.1) is 0 Å². The molecule has 1 aliphatic carbocycles. The minimum Gasteiger partial charge on any atom is -0.0827 e. The maximum Gasteiger partial charge on any atom is 0.0595 e. The van der Waals surface area contributed by atoms with Crippen LogP contribution in [0.15, 0.2) is 18.2 Å². The summed E-state index contributed by atoms with van der Waals surface area (Å²) in [6, 6.07) is 5.81. The van der Waals surface area contributed by atoms with Gasteiger partial charge in [0.15, 0.2) is 0 Å². The van der Waals surface area contributed by atoms with Crippen LogP contribution >= 0.6 is 23.2 Å². The lowest BCUT2D eigenvalue weighted by Gasteiger charge is -1.98. The number of benzene rings is 1. The Balaban J connectivity index is 2.36. The molecule has 2 rings (SSSR count). The number of hydrogen-bond acceptors (Lipinski definition) is 0. The van der Waals surface area contributed by atoms with Crippen LogP contribution in [0.4, 0.5) is 0 Å². The molecule has 0 atom stereocenters. The molecule has 0 aromatic heterocycles. The molecule has 0 unspecified atom stereocenters. The maximum absolute atomic E-state index is 5.84. The van der Waals surface area contributed by atoms with Crippen molar-refractivity contribution >= 4 is 23.2 Å². The second-order valence-corrected chi connectivity index (χ2v) is 3.55. The average molecular weight is 186 g/mol. The van der Waals surface area contributed by atoms with E-state index < -0.39 is 0 Å². The molecule has 0 aliphatic heterocycles. The fourth-order valence-corrected chi connectivity index (χ4v) is 1.37. The number of rotatable bonds is 1. The lowest BCUT2D eigenvalue weighted by molar-refractivity contribution is 1.41. The van der Waals surface area contributed by atoms with Gasteiger partial charge in [-0.2, -0.15) is 0 Å². The molecule has 1 aliphatic rings. The van der Waals surface area contributed by atoms with Crippen molar-refractivity contribution in [1.82, 2.24) is 0 Å². The summed E-state index contributed by atoms with van der Waals surface area (Å²) in [6.45, 7) is 0. The molecular weight excluding hydrogens is 179 g/mol. The third kappa shape index (κ3) is 1.52. The Bertz CT molecular complexity index is 277. The van der Waals surface area contributed by atoms with Gasteiger partial charge in [0.2, 0.25) is 0 Å². The number of halogens is 2. The highest BCUT2D eigenvalue weighted by atomic mass is 35.5. The van der Waals surface area contributed by atoms with E-state index in [1.165, 1.54) is 24.3 Å².